The van der Waals surface area contributed by atoms with Gasteiger partial charge < -0.3 is 19.4 Å². The number of nitrogens with zero attached hydrogens (tertiary/aromatic N) is 1. The summed E-state index contributed by atoms with van der Waals surface area (Å²) in [6, 6.07) is 18.2. The molecule has 5 rings (SSSR count). The Morgan fingerprint density at radius 2 is 1.68 bits per heavy atom. The maximum absolute atomic E-state index is 13.1. The van der Waals surface area contributed by atoms with Crippen molar-refractivity contribution in [3.8, 4) is 23.0 Å². The summed E-state index contributed by atoms with van der Waals surface area (Å²) in [6.07, 6.45) is 2.28. The molecule has 2 unspecified atom stereocenters. The molecule has 3 aromatic carbocycles. The number of nitrogens with one attached hydrogen (secondary N) is 1. The summed E-state index contributed by atoms with van der Waals surface area (Å²) in [5, 5.41) is 13.3. The van der Waals surface area contributed by atoms with Gasteiger partial charge in [-0.2, -0.15) is 0 Å². The topological polar surface area (TPSA) is 123 Å². The van der Waals surface area contributed by atoms with E-state index in [1.807, 2.05) is 37.3 Å². The second kappa shape index (κ2) is 11.6. The van der Waals surface area contributed by atoms with Gasteiger partial charge in [-0.15, -0.1) is 0 Å². The lowest BCUT2D eigenvalue weighted by Crippen LogP contribution is -2.45. The fourth-order valence-corrected chi connectivity index (χ4v) is 5.57. The number of hydrogen-bond donors (Lipinski definition) is 2. The van der Waals surface area contributed by atoms with Crippen LogP contribution in [-0.4, -0.2) is 31.8 Å². The lowest BCUT2D eigenvalue weighted by Gasteiger charge is -2.34. The second-order valence-electron chi connectivity index (χ2n) is 10.4. The zero-order valence-electron chi connectivity index (χ0n) is 22.8. The Morgan fingerprint density at radius 1 is 1.05 bits per heavy atom. The molecule has 0 radical (unpaired) electrons. The fraction of sp³-hybridized carbons (Fsp3) is 0.250. The van der Waals surface area contributed by atoms with E-state index in [2.05, 4.69) is 17.2 Å². The van der Waals surface area contributed by atoms with E-state index in [0.29, 0.717) is 17.2 Å². The quantitative estimate of drug-likeness (QED) is 0.194. The minimum absolute atomic E-state index is 0.238. The van der Waals surface area contributed by atoms with Crippen LogP contribution in [0.25, 0.3) is 22.1 Å². The van der Waals surface area contributed by atoms with E-state index in [1.54, 1.807) is 50.2 Å². The number of fused-ring (bicyclic) bond motifs is 1. The normalized spacial score (nSPS) is 14.3. The number of carboxylic acids is 1. The Morgan fingerprint density at radius 3 is 2.24 bits per heavy atom. The smallest absolute Gasteiger partial charge is 0.327 e. The molecule has 1 amide bonds. The number of carbonyl (C=O) groups excluding carboxylic acids is 1. The third-order valence-corrected chi connectivity index (χ3v) is 7.80. The number of amides is 1. The van der Waals surface area contributed by atoms with Gasteiger partial charge in [0.25, 0.3) is 5.91 Å². The van der Waals surface area contributed by atoms with Crippen LogP contribution in [0.2, 0.25) is 0 Å². The average Bonchev–Trinajstić information content (AvgIpc) is 3.71. The van der Waals surface area contributed by atoms with E-state index < -0.39 is 29.2 Å². The molecule has 0 aliphatic heterocycles. The van der Waals surface area contributed by atoms with Crippen LogP contribution >= 0.6 is 0 Å². The largest absolute Gasteiger partial charge is 0.755 e. The molecule has 41 heavy (non-hydrogen) atoms. The summed E-state index contributed by atoms with van der Waals surface area (Å²) in [5.74, 6) is 5.21. The highest BCUT2D eigenvalue weighted by Gasteiger charge is 2.30. The third-order valence-electron chi connectivity index (χ3n) is 7.04. The van der Waals surface area contributed by atoms with Crippen LogP contribution in [0.3, 0.4) is 0 Å². The molecule has 4 aromatic rings. The fourth-order valence-electron chi connectivity index (χ4n) is 4.76. The van der Waals surface area contributed by atoms with Crippen LogP contribution in [0.5, 0.6) is 0 Å². The number of anilines is 2. The zero-order chi connectivity index (χ0) is 29.3. The SMILES string of the molecule is Cc1c(C(=O)Nc2ccc(-c3ccc(N(C(C(=O)O)C(C)C)S(=O)[O-])cc3)cc2)oc2cccc(C#CC3CC3)c12. The summed E-state index contributed by atoms with van der Waals surface area (Å²) in [6.45, 7) is 5.18. The molecular weight excluding hydrogens is 540 g/mol. The van der Waals surface area contributed by atoms with E-state index in [1.165, 1.54) is 0 Å². The van der Waals surface area contributed by atoms with Gasteiger partial charge in [-0.05, 0) is 73.2 Å². The maximum Gasteiger partial charge on any atom is 0.327 e. The standard InChI is InChI=1S/C32H30N2O6S/c1-19(2)29(32(36)37)34(41(38)39)26-17-13-23(14-18-26)22-11-15-25(16-12-22)33-31(35)30-20(3)28-24(10-9-21-7-8-21)5-4-6-27(28)40-30/h4-6,11-19,21,29H,7-8H2,1-3H3,(H,33,35)(H,36,37)(H,38,39)/p-1. The molecule has 210 valence electrons. The lowest BCUT2D eigenvalue weighted by atomic mass is 10.0. The van der Waals surface area contributed by atoms with Gasteiger partial charge in [-0.3, -0.25) is 13.3 Å². The first-order valence-corrected chi connectivity index (χ1v) is 14.3. The van der Waals surface area contributed by atoms with Crippen LogP contribution in [0.15, 0.2) is 71.1 Å². The van der Waals surface area contributed by atoms with E-state index in [9.17, 15) is 23.5 Å². The number of benzene rings is 3. The predicted molar refractivity (Wildman–Crippen MR) is 158 cm³/mol. The van der Waals surface area contributed by atoms with Crippen molar-refractivity contribution in [3.63, 3.8) is 0 Å². The lowest BCUT2D eigenvalue weighted by molar-refractivity contribution is -0.139. The van der Waals surface area contributed by atoms with E-state index in [-0.39, 0.29) is 17.4 Å². The first kappa shape index (κ1) is 28.1. The molecule has 1 aromatic heterocycles. The molecule has 0 saturated heterocycles. The summed E-state index contributed by atoms with van der Waals surface area (Å²) >= 11 is -2.76. The molecule has 1 fully saturated rings. The van der Waals surface area contributed by atoms with Crippen molar-refractivity contribution in [3.05, 3.63) is 83.6 Å². The Labute approximate surface area is 240 Å². The minimum atomic E-state index is -2.76. The van der Waals surface area contributed by atoms with Crippen molar-refractivity contribution in [2.24, 2.45) is 11.8 Å². The van der Waals surface area contributed by atoms with Gasteiger partial charge in [-0.25, -0.2) is 4.79 Å². The zero-order valence-corrected chi connectivity index (χ0v) is 23.7. The van der Waals surface area contributed by atoms with E-state index in [0.717, 1.165) is 44.8 Å². The molecule has 0 bridgehead atoms. The second-order valence-corrected chi connectivity index (χ2v) is 11.3. The number of carbonyl (C=O) groups is 2. The minimum Gasteiger partial charge on any atom is -0.755 e. The van der Waals surface area contributed by atoms with Gasteiger partial charge in [0.05, 0.1) is 0 Å². The Kier molecular flexibility index (Phi) is 7.97. The van der Waals surface area contributed by atoms with E-state index in [4.69, 9.17) is 4.42 Å². The monoisotopic (exact) mass is 569 g/mol. The highest BCUT2D eigenvalue weighted by Crippen LogP contribution is 2.32. The van der Waals surface area contributed by atoms with Crippen molar-refractivity contribution in [2.45, 2.75) is 39.7 Å². The third kappa shape index (κ3) is 6.04. The molecular formula is C32H29N2O6S-. The molecule has 1 saturated carbocycles. The first-order chi connectivity index (χ1) is 19.6. The number of aliphatic carboxylic acids is 1. The molecule has 1 aliphatic rings. The van der Waals surface area contributed by atoms with E-state index >= 15 is 0 Å². The summed E-state index contributed by atoms with van der Waals surface area (Å²) in [7, 11) is 0. The van der Waals surface area contributed by atoms with Gasteiger partial charge in [0, 0.05) is 45.1 Å². The van der Waals surface area contributed by atoms with Crippen molar-refractivity contribution in [2.75, 3.05) is 9.62 Å². The van der Waals surface area contributed by atoms with Gasteiger partial charge in [0.15, 0.2) is 5.76 Å². The number of rotatable bonds is 8. The van der Waals surface area contributed by atoms with Crippen LogP contribution in [0.4, 0.5) is 11.4 Å². The molecule has 1 aliphatic carbocycles. The molecule has 8 nitrogen and oxygen atoms in total. The molecule has 0 spiro atoms. The number of hydrogen-bond acceptors (Lipinski definition) is 5. The van der Waals surface area contributed by atoms with Crippen LogP contribution < -0.4 is 9.62 Å². The van der Waals surface area contributed by atoms with Gasteiger partial charge in [0.1, 0.15) is 11.6 Å². The average molecular weight is 570 g/mol. The number of carboxylic acid groups (broad SMARTS) is 1. The van der Waals surface area contributed by atoms with Gasteiger partial charge in [-0.1, -0.05) is 56.0 Å². The molecule has 2 N–H and O–H groups in total. The molecule has 1 heterocycles. The Balaban J connectivity index is 1.32. The van der Waals surface area contributed by atoms with Crippen molar-refractivity contribution in [1.82, 2.24) is 0 Å². The van der Waals surface area contributed by atoms with Crippen LogP contribution in [0, 0.1) is 30.6 Å². The first-order valence-electron chi connectivity index (χ1n) is 13.3. The van der Waals surface area contributed by atoms with Gasteiger partial charge >= 0.3 is 5.97 Å². The van der Waals surface area contributed by atoms with Crippen molar-refractivity contribution in [1.29, 1.82) is 0 Å². The number of furan rings is 1. The van der Waals surface area contributed by atoms with Crippen molar-refractivity contribution >= 4 is 45.5 Å². The summed E-state index contributed by atoms with van der Waals surface area (Å²) in [5.41, 5.74) is 4.70. The highest BCUT2D eigenvalue weighted by atomic mass is 32.2. The Bertz CT molecular complexity index is 1690. The summed E-state index contributed by atoms with van der Waals surface area (Å²) < 4.78 is 30.6. The van der Waals surface area contributed by atoms with Crippen molar-refractivity contribution < 1.29 is 27.9 Å². The molecule has 9 heteroatoms. The Hall–Kier alpha value is -4.39. The number of aryl methyl sites for hydroxylation is 1. The van der Waals surface area contributed by atoms with Gasteiger partial charge in [0.2, 0.25) is 0 Å². The highest BCUT2D eigenvalue weighted by molar-refractivity contribution is 7.80. The maximum atomic E-state index is 13.1. The predicted octanol–water partition coefficient (Wildman–Crippen LogP) is 6.13. The van der Waals surface area contributed by atoms with Crippen LogP contribution in [-0.2, 0) is 16.1 Å². The summed E-state index contributed by atoms with van der Waals surface area (Å²) in [4.78, 5) is 24.8. The molecule has 2 atom stereocenters. The van der Waals surface area contributed by atoms with Crippen LogP contribution in [0.1, 0.15) is 48.4 Å².